The van der Waals surface area contributed by atoms with Crippen LogP contribution in [0.1, 0.15) is 24.5 Å². The summed E-state index contributed by atoms with van der Waals surface area (Å²) >= 11 is 0. The third kappa shape index (κ3) is 3.58. The van der Waals surface area contributed by atoms with Gasteiger partial charge in [-0.3, -0.25) is 4.79 Å². The number of carbonyl (C=O) groups excluding carboxylic acids is 1. The lowest BCUT2D eigenvalue weighted by Crippen LogP contribution is -2.42. The fourth-order valence-electron chi connectivity index (χ4n) is 1.91. The standard InChI is InChI=1S/C14H19NO3/c1-4-12(14(17)18)15(3)13(16)9-11-7-5-6-10(2)8-11/h5-8,12H,4,9H2,1-3H3,(H,17,18). The first-order valence-electron chi connectivity index (χ1n) is 5.99. The van der Waals surface area contributed by atoms with Crippen LogP contribution in [0, 0.1) is 6.92 Å². The van der Waals surface area contributed by atoms with Crippen molar-refractivity contribution in [1.82, 2.24) is 4.90 Å². The Hall–Kier alpha value is -1.84. The second-order valence-corrected chi connectivity index (χ2v) is 4.43. The number of nitrogens with zero attached hydrogens (tertiary/aromatic N) is 1. The molecular weight excluding hydrogens is 230 g/mol. The van der Waals surface area contributed by atoms with Crippen LogP contribution < -0.4 is 0 Å². The van der Waals surface area contributed by atoms with Crippen molar-refractivity contribution in [3.63, 3.8) is 0 Å². The molecule has 1 atom stereocenters. The molecule has 1 aromatic carbocycles. The lowest BCUT2D eigenvalue weighted by atomic mass is 10.1. The van der Waals surface area contributed by atoms with Gasteiger partial charge < -0.3 is 10.0 Å². The van der Waals surface area contributed by atoms with Gasteiger partial charge in [0.15, 0.2) is 0 Å². The number of aliphatic carboxylic acids is 1. The number of carboxylic acids is 1. The molecule has 98 valence electrons. The van der Waals surface area contributed by atoms with Gasteiger partial charge in [-0.2, -0.15) is 0 Å². The molecule has 4 nitrogen and oxygen atoms in total. The van der Waals surface area contributed by atoms with Gasteiger partial charge >= 0.3 is 5.97 Å². The normalized spacial score (nSPS) is 11.9. The van der Waals surface area contributed by atoms with Crippen LogP contribution in [0.25, 0.3) is 0 Å². The molecule has 4 heteroatoms. The lowest BCUT2D eigenvalue weighted by molar-refractivity contribution is -0.148. The highest BCUT2D eigenvalue weighted by Crippen LogP contribution is 2.09. The minimum atomic E-state index is -0.961. The first-order valence-corrected chi connectivity index (χ1v) is 5.99. The van der Waals surface area contributed by atoms with Gasteiger partial charge in [0.2, 0.25) is 5.91 Å². The van der Waals surface area contributed by atoms with E-state index >= 15 is 0 Å². The van der Waals surface area contributed by atoms with Crippen molar-refractivity contribution in [2.75, 3.05) is 7.05 Å². The molecule has 1 aromatic rings. The van der Waals surface area contributed by atoms with Crippen molar-refractivity contribution >= 4 is 11.9 Å². The number of benzene rings is 1. The fraction of sp³-hybridized carbons (Fsp3) is 0.429. The summed E-state index contributed by atoms with van der Waals surface area (Å²) in [6.45, 7) is 3.72. The van der Waals surface area contributed by atoms with E-state index in [0.29, 0.717) is 6.42 Å². The summed E-state index contributed by atoms with van der Waals surface area (Å²) in [6.07, 6.45) is 0.646. The first-order chi connectivity index (χ1) is 8.45. The summed E-state index contributed by atoms with van der Waals surface area (Å²) in [7, 11) is 1.54. The van der Waals surface area contributed by atoms with Crippen LogP contribution in [0.3, 0.4) is 0 Å². The molecule has 0 saturated carbocycles. The van der Waals surface area contributed by atoms with E-state index < -0.39 is 12.0 Å². The van der Waals surface area contributed by atoms with Crippen LogP contribution in [-0.4, -0.2) is 35.0 Å². The molecule has 0 saturated heterocycles. The Balaban J connectivity index is 2.73. The van der Waals surface area contributed by atoms with E-state index in [4.69, 9.17) is 5.11 Å². The molecule has 0 aliphatic carbocycles. The molecule has 1 amide bonds. The molecule has 0 aliphatic rings. The number of likely N-dealkylation sites (N-methyl/N-ethyl adjacent to an activating group) is 1. The number of carbonyl (C=O) groups is 2. The number of rotatable bonds is 5. The summed E-state index contributed by atoms with van der Waals surface area (Å²) in [4.78, 5) is 24.3. The first kappa shape index (κ1) is 14.2. The van der Waals surface area contributed by atoms with Crippen LogP contribution >= 0.6 is 0 Å². The maximum absolute atomic E-state index is 12.0. The van der Waals surface area contributed by atoms with E-state index in [1.807, 2.05) is 31.2 Å². The monoisotopic (exact) mass is 249 g/mol. The Bertz CT molecular complexity index is 442. The molecule has 1 N–H and O–H groups in total. The molecular formula is C14H19NO3. The van der Waals surface area contributed by atoms with Crippen molar-refractivity contribution in [2.45, 2.75) is 32.7 Å². The molecule has 0 aliphatic heterocycles. The van der Waals surface area contributed by atoms with Gasteiger partial charge in [0.1, 0.15) is 6.04 Å². The maximum atomic E-state index is 12.0. The number of hydrogen-bond donors (Lipinski definition) is 1. The minimum Gasteiger partial charge on any atom is -0.480 e. The summed E-state index contributed by atoms with van der Waals surface area (Å²) in [5.41, 5.74) is 2.00. The van der Waals surface area contributed by atoms with Crippen molar-refractivity contribution in [1.29, 1.82) is 0 Å². The van der Waals surface area contributed by atoms with Crippen molar-refractivity contribution < 1.29 is 14.7 Å². The summed E-state index contributed by atoms with van der Waals surface area (Å²) in [5, 5.41) is 9.01. The highest BCUT2D eigenvalue weighted by atomic mass is 16.4. The smallest absolute Gasteiger partial charge is 0.326 e. The van der Waals surface area contributed by atoms with E-state index in [1.165, 1.54) is 4.90 Å². The minimum absolute atomic E-state index is 0.171. The van der Waals surface area contributed by atoms with Gasteiger partial charge in [-0.05, 0) is 18.9 Å². The highest BCUT2D eigenvalue weighted by Gasteiger charge is 2.24. The maximum Gasteiger partial charge on any atom is 0.326 e. The van der Waals surface area contributed by atoms with Gasteiger partial charge in [0, 0.05) is 7.05 Å². The molecule has 0 heterocycles. The van der Waals surface area contributed by atoms with Gasteiger partial charge in [-0.1, -0.05) is 36.8 Å². The van der Waals surface area contributed by atoms with Crippen LogP contribution in [0.5, 0.6) is 0 Å². The Morgan fingerprint density at radius 1 is 1.39 bits per heavy atom. The van der Waals surface area contributed by atoms with Crippen molar-refractivity contribution in [3.8, 4) is 0 Å². The van der Waals surface area contributed by atoms with Crippen LogP contribution in [-0.2, 0) is 16.0 Å². The SMILES string of the molecule is CCC(C(=O)O)N(C)C(=O)Cc1cccc(C)c1. The third-order valence-corrected chi connectivity index (χ3v) is 2.97. The van der Waals surface area contributed by atoms with Gasteiger partial charge in [0.05, 0.1) is 6.42 Å². The zero-order valence-corrected chi connectivity index (χ0v) is 11.0. The second-order valence-electron chi connectivity index (χ2n) is 4.43. The quantitative estimate of drug-likeness (QED) is 0.866. The Morgan fingerprint density at radius 3 is 2.56 bits per heavy atom. The predicted molar refractivity (Wildman–Crippen MR) is 69.4 cm³/mol. The molecule has 0 radical (unpaired) electrons. The fourth-order valence-corrected chi connectivity index (χ4v) is 1.91. The molecule has 0 bridgehead atoms. The predicted octanol–water partition coefficient (Wildman–Crippen LogP) is 1.86. The lowest BCUT2D eigenvalue weighted by Gasteiger charge is -2.23. The zero-order valence-electron chi connectivity index (χ0n) is 11.0. The number of aryl methyl sites for hydroxylation is 1. The van der Waals surface area contributed by atoms with Gasteiger partial charge in [0.25, 0.3) is 0 Å². The summed E-state index contributed by atoms with van der Waals surface area (Å²) in [5.74, 6) is -1.13. The van der Waals surface area contributed by atoms with E-state index in [9.17, 15) is 9.59 Å². The molecule has 0 fully saturated rings. The van der Waals surface area contributed by atoms with E-state index in [2.05, 4.69) is 0 Å². The average molecular weight is 249 g/mol. The third-order valence-electron chi connectivity index (χ3n) is 2.97. The topological polar surface area (TPSA) is 57.6 Å². The van der Waals surface area contributed by atoms with Crippen molar-refractivity contribution in [2.24, 2.45) is 0 Å². The van der Waals surface area contributed by atoms with Gasteiger partial charge in [-0.15, -0.1) is 0 Å². The second kappa shape index (κ2) is 6.19. The molecule has 0 spiro atoms. The molecule has 0 aromatic heterocycles. The Kier molecular flexibility index (Phi) is 4.89. The van der Waals surface area contributed by atoms with E-state index in [1.54, 1.807) is 14.0 Å². The Labute approximate surface area is 107 Å². The number of carboxylic acid groups (broad SMARTS) is 1. The average Bonchev–Trinajstić information content (AvgIpc) is 2.29. The molecule has 1 unspecified atom stereocenters. The summed E-state index contributed by atoms with van der Waals surface area (Å²) < 4.78 is 0. The highest BCUT2D eigenvalue weighted by molar-refractivity contribution is 5.84. The van der Waals surface area contributed by atoms with E-state index in [0.717, 1.165) is 11.1 Å². The largest absolute Gasteiger partial charge is 0.480 e. The zero-order chi connectivity index (χ0) is 13.7. The van der Waals surface area contributed by atoms with Crippen molar-refractivity contribution in [3.05, 3.63) is 35.4 Å². The summed E-state index contributed by atoms with van der Waals surface area (Å²) in [6, 6.07) is 6.92. The van der Waals surface area contributed by atoms with Crippen LogP contribution in [0.15, 0.2) is 24.3 Å². The molecule has 1 rings (SSSR count). The van der Waals surface area contributed by atoms with Crippen LogP contribution in [0.2, 0.25) is 0 Å². The Morgan fingerprint density at radius 2 is 2.06 bits per heavy atom. The number of amides is 1. The van der Waals surface area contributed by atoms with Crippen LogP contribution in [0.4, 0.5) is 0 Å². The van der Waals surface area contributed by atoms with E-state index in [-0.39, 0.29) is 12.3 Å². The molecule has 18 heavy (non-hydrogen) atoms. The van der Waals surface area contributed by atoms with Gasteiger partial charge in [-0.25, -0.2) is 4.79 Å². The number of hydrogen-bond acceptors (Lipinski definition) is 2.